The molecule has 0 aliphatic rings. The molecular formula is C10H8N2O3. The second-order valence-corrected chi connectivity index (χ2v) is 2.79. The monoisotopic (exact) mass is 204 g/mol. The van der Waals surface area contributed by atoms with Crippen LogP contribution in [0, 0.1) is 11.3 Å². The minimum absolute atomic E-state index is 0.0168. The molecule has 15 heavy (non-hydrogen) atoms. The fourth-order valence-corrected chi connectivity index (χ4v) is 1.00. The summed E-state index contributed by atoms with van der Waals surface area (Å²) < 4.78 is 4.48. The average molecular weight is 204 g/mol. The lowest BCUT2D eigenvalue weighted by Gasteiger charge is -2.01. The second-order valence-electron chi connectivity index (χ2n) is 2.79. The van der Waals surface area contributed by atoms with Crippen molar-refractivity contribution in [3.63, 3.8) is 0 Å². The number of rotatable bonds is 2. The quantitative estimate of drug-likeness (QED) is 0.529. The van der Waals surface area contributed by atoms with Crippen LogP contribution in [0.4, 0.5) is 0 Å². The van der Waals surface area contributed by atoms with Crippen LogP contribution in [-0.2, 0) is 4.74 Å². The number of nitrogens with zero attached hydrogens (tertiary/aromatic N) is 2. The van der Waals surface area contributed by atoms with E-state index in [1.807, 2.05) is 0 Å². The molecule has 5 nitrogen and oxygen atoms in total. The van der Waals surface area contributed by atoms with Gasteiger partial charge in [0.25, 0.3) is 0 Å². The molecular weight excluding hydrogens is 196 g/mol. The van der Waals surface area contributed by atoms with Crippen molar-refractivity contribution >= 4 is 11.8 Å². The van der Waals surface area contributed by atoms with Crippen molar-refractivity contribution in [2.24, 2.45) is 0 Å². The van der Waals surface area contributed by atoms with Gasteiger partial charge in [0.05, 0.1) is 12.7 Å². The maximum Gasteiger partial charge on any atom is 0.338 e. The van der Waals surface area contributed by atoms with E-state index in [0.717, 1.165) is 0 Å². The third-order valence-electron chi connectivity index (χ3n) is 1.72. The summed E-state index contributed by atoms with van der Waals surface area (Å²) in [4.78, 5) is 26.0. The highest BCUT2D eigenvalue weighted by molar-refractivity contribution is 5.96. The molecule has 0 radical (unpaired) electrons. The highest BCUT2D eigenvalue weighted by Crippen LogP contribution is 2.07. The van der Waals surface area contributed by atoms with Gasteiger partial charge in [-0.05, 0) is 12.1 Å². The van der Waals surface area contributed by atoms with Crippen LogP contribution in [0.25, 0.3) is 0 Å². The Kier molecular flexibility index (Phi) is 3.13. The molecule has 1 aromatic heterocycles. The molecule has 0 aliphatic heterocycles. The van der Waals surface area contributed by atoms with Crippen molar-refractivity contribution in [3.05, 3.63) is 29.1 Å². The second kappa shape index (κ2) is 4.33. The van der Waals surface area contributed by atoms with Gasteiger partial charge < -0.3 is 4.74 Å². The highest BCUT2D eigenvalue weighted by Gasteiger charge is 2.11. The van der Waals surface area contributed by atoms with Crippen LogP contribution in [0.2, 0.25) is 0 Å². The first-order valence-electron chi connectivity index (χ1n) is 4.10. The first kappa shape index (κ1) is 10.9. The summed E-state index contributed by atoms with van der Waals surface area (Å²) in [5.41, 5.74) is 0.242. The molecule has 0 fully saturated rings. The van der Waals surface area contributed by atoms with Gasteiger partial charge in [-0.15, -0.1) is 0 Å². The van der Waals surface area contributed by atoms with Gasteiger partial charge >= 0.3 is 5.97 Å². The summed E-state index contributed by atoms with van der Waals surface area (Å²) in [5, 5.41) is 8.65. The zero-order valence-electron chi connectivity index (χ0n) is 8.27. The van der Waals surface area contributed by atoms with Gasteiger partial charge in [0, 0.05) is 6.92 Å². The molecule has 0 aliphatic carbocycles. The van der Waals surface area contributed by atoms with Crippen molar-refractivity contribution < 1.29 is 14.3 Å². The predicted molar refractivity (Wildman–Crippen MR) is 50.3 cm³/mol. The van der Waals surface area contributed by atoms with Gasteiger partial charge in [0.2, 0.25) is 0 Å². The molecule has 76 valence electrons. The van der Waals surface area contributed by atoms with Crippen molar-refractivity contribution in [1.82, 2.24) is 4.98 Å². The third kappa shape index (κ3) is 2.38. The Hall–Kier alpha value is -2.22. The first-order valence-corrected chi connectivity index (χ1v) is 4.10. The molecule has 5 heteroatoms. The fraction of sp³-hybridized carbons (Fsp3) is 0.200. The number of nitriles is 1. The van der Waals surface area contributed by atoms with Crippen molar-refractivity contribution in [2.45, 2.75) is 6.92 Å². The van der Waals surface area contributed by atoms with E-state index in [-0.39, 0.29) is 22.7 Å². The maximum absolute atomic E-state index is 11.2. The van der Waals surface area contributed by atoms with Crippen LogP contribution in [-0.4, -0.2) is 23.8 Å². The number of methoxy groups -OCH3 is 1. The number of aromatic nitrogens is 1. The first-order chi connectivity index (χ1) is 7.08. The van der Waals surface area contributed by atoms with Crippen LogP contribution in [0.15, 0.2) is 12.1 Å². The number of Topliss-reactive ketones (excluding diaryl/α,β-unsaturated/α-hetero) is 1. The zero-order valence-corrected chi connectivity index (χ0v) is 8.27. The van der Waals surface area contributed by atoms with E-state index < -0.39 is 5.97 Å². The molecule has 1 aromatic rings. The minimum Gasteiger partial charge on any atom is -0.465 e. The van der Waals surface area contributed by atoms with Gasteiger partial charge in [-0.25, -0.2) is 9.78 Å². The Labute approximate surface area is 86.3 Å². The molecule has 0 saturated heterocycles. The third-order valence-corrected chi connectivity index (χ3v) is 1.72. The van der Waals surface area contributed by atoms with Gasteiger partial charge in [0.1, 0.15) is 17.5 Å². The molecule has 0 N–H and O–H groups in total. The molecule has 0 aromatic carbocycles. The number of ketones is 1. The van der Waals surface area contributed by atoms with E-state index in [4.69, 9.17) is 5.26 Å². The van der Waals surface area contributed by atoms with Gasteiger partial charge in [-0.3, -0.25) is 4.79 Å². The smallest absolute Gasteiger partial charge is 0.338 e. The summed E-state index contributed by atoms with van der Waals surface area (Å²) >= 11 is 0. The normalized spacial score (nSPS) is 9.13. The molecule has 0 atom stereocenters. The topological polar surface area (TPSA) is 80.1 Å². The van der Waals surface area contributed by atoms with Crippen LogP contribution < -0.4 is 0 Å². The molecule has 0 unspecified atom stereocenters. The standard InChI is InChI=1S/C10H8N2O3/c1-6(13)9-4-7(10(14)15-2)3-8(5-11)12-9/h3-4H,1-2H3. The molecule has 0 saturated carbocycles. The van der Waals surface area contributed by atoms with E-state index in [1.54, 1.807) is 6.07 Å². The number of pyridine rings is 1. The van der Waals surface area contributed by atoms with Gasteiger partial charge in [-0.2, -0.15) is 5.26 Å². The number of carbonyl (C=O) groups excluding carboxylic acids is 2. The minimum atomic E-state index is -0.601. The summed E-state index contributed by atoms with van der Waals surface area (Å²) in [6.45, 7) is 1.31. The van der Waals surface area contributed by atoms with E-state index in [9.17, 15) is 9.59 Å². The highest BCUT2D eigenvalue weighted by atomic mass is 16.5. The Morgan fingerprint density at radius 3 is 2.60 bits per heavy atom. The summed E-state index contributed by atoms with van der Waals surface area (Å²) in [6.07, 6.45) is 0. The lowest BCUT2D eigenvalue weighted by Crippen LogP contribution is -2.06. The SMILES string of the molecule is COC(=O)c1cc(C#N)nc(C(C)=O)c1. The zero-order chi connectivity index (χ0) is 11.4. The molecule has 1 rings (SSSR count). The Morgan fingerprint density at radius 2 is 2.13 bits per heavy atom. The van der Waals surface area contributed by atoms with Gasteiger partial charge in [0.15, 0.2) is 5.78 Å². The van der Waals surface area contributed by atoms with Crippen molar-refractivity contribution in [1.29, 1.82) is 5.26 Å². The van der Waals surface area contributed by atoms with Crippen LogP contribution in [0.1, 0.15) is 33.5 Å². The van der Waals surface area contributed by atoms with E-state index in [0.29, 0.717) is 0 Å². The Morgan fingerprint density at radius 1 is 1.47 bits per heavy atom. The van der Waals surface area contributed by atoms with Crippen LogP contribution in [0.5, 0.6) is 0 Å². The number of ether oxygens (including phenoxy) is 1. The molecule has 0 spiro atoms. The summed E-state index contributed by atoms with van der Waals surface area (Å²) in [5.74, 6) is -0.909. The van der Waals surface area contributed by atoms with E-state index in [1.165, 1.54) is 26.2 Å². The number of esters is 1. The van der Waals surface area contributed by atoms with Crippen LogP contribution in [0.3, 0.4) is 0 Å². The van der Waals surface area contributed by atoms with Crippen LogP contribution >= 0.6 is 0 Å². The number of hydrogen-bond acceptors (Lipinski definition) is 5. The number of carbonyl (C=O) groups is 2. The Balaban J connectivity index is 3.31. The maximum atomic E-state index is 11.2. The Bertz CT molecular complexity index is 460. The molecule has 0 amide bonds. The summed E-state index contributed by atoms with van der Waals surface area (Å²) in [6, 6.07) is 4.35. The average Bonchev–Trinajstić information content (AvgIpc) is 2.27. The fourth-order valence-electron chi connectivity index (χ4n) is 1.00. The lowest BCUT2D eigenvalue weighted by atomic mass is 10.1. The largest absolute Gasteiger partial charge is 0.465 e. The molecule has 0 bridgehead atoms. The van der Waals surface area contributed by atoms with E-state index in [2.05, 4.69) is 9.72 Å². The molecule has 1 heterocycles. The number of hydrogen-bond donors (Lipinski definition) is 0. The van der Waals surface area contributed by atoms with Crippen molar-refractivity contribution in [3.8, 4) is 6.07 Å². The lowest BCUT2D eigenvalue weighted by molar-refractivity contribution is 0.0600. The van der Waals surface area contributed by atoms with Crippen molar-refractivity contribution in [2.75, 3.05) is 7.11 Å². The summed E-state index contributed by atoms with van der Waals surface area (Å²) in [7, 11) is 1.22. The predicted octanol–water partition coefficient (Wildman–Crippen LogP) is 0.942. The van der Waals surface area contributed by atoms with Gasteiger partial charge in [-0.1, -0.05) is 0 Å². The van der Waals surface area contributed by atoms with E-state index >= 15 is 0 Å².